The normalized spacial score (nSPS) is 10.0. The van der Waals surface area contributed by atoms with Crippen molar-refractivity contribution in [3.63, 3.8) is 0 Å². The van der Waals surface area contributed by atoms with Crippen LogP contribution in [0.2, 0.25) is 0 Å². The predicted molar refractivity (Wildman–Crippen MR) is 97.9 cm³/mol. The van der Waals surface area contributed by atoms with Crippen molar-refractivity contribution in [3.05, 3.63) is 48.0 Å². The van der Waals surface area contributed by atoms with Gasteiger partial charge in [-0.25, -0.2) is 4.79 Å². The molecule has 0 heterocycles. The van der Waals surface area contributed by atoms with Gasteiger partial charge < -0.3 is 24.8 Å². The maximum absolute atomic E-state index is 11.9. The Balaban J connectivity index is 1.78. The number of amides is 2. The first kappa shape index (κ1) is 18.4. The molecule has 0 unspecified atom stereocenters. The van der Waals surface area contributed by atoms with Crippen molar-refractivity contribution in [2.24, 2.45) is 0 Å². The van der Waals surface area contributed by atoms with Crippen LogP contribution in [0.3, 0.4) is 0 Å². The van der Waals surface area contributed by atoms with Crippen molar-refractivity contribution >= 4 is 11.7 Å². The number of anilines is 1. The number of hydrogen-bond acceptors (Lipinski definition) is 4. The van der Waals surface area contributed by atoms with Crippen LogP contribution in [0.15, 0.2) is 42.5 Å². The van der Waals surface area contributed by atoms with Crippen molar-refractivity contribution < 1.29 is 19.0 Å². The van der Waals surface area contributed by atoms with Gasteiger partial charge >= 0.3 is 6.03 Å². The molecule has 25 heavy (non-hydrogen) atoms. The highest BCUT2D eigenvalue weighted by atomic mass is 16.5. The summed E-state index contributed by atoms with van der Waals surface area (Å²) in [4.78, 5) is 11.9. The molecule has 2 rings (SSSR count). The minimum Gasteiger partial charge on any atom is -0.493 e. The Labute approximate surface area is 148 Å². The number of benzene rings is 2. The van der Waals surface area contributed by atoms with E-state index in [1.54, 1.807) is 26.4 Å². The zero-order valence-corrected chi connectivity index (χ0v) is 14.8. The number of carbonyl (C=O) groups excluding carboxylic acids is 1. The van der Waals surface area contributed by atoms with Gasteiger partial charge in [0.1, 0.15) is 6.61 Å². The minimum atomic E-state index is -0.273. The second kappa shape index (κ2) is 9.42. The third-order valence-electron chi connectivity index (χ3n) is 3.63. The molecule has 2 aromatic carbocycles. The Morgan fingerprint density at radius 3 is 2.36 bits per heavy atom. The lowest BCUT2D eigenvalue weighted by Crippen LogP contribution is -2.32. The second-order valence-electron chi connectivity index (χ2n) is 5.27. The average molecular weight is 344 g/mol. The number of para-hydroxylation sites is 1. The number of methoxy groups -OCH3 is 2. The summed E-state index contributed by atoms with van der Waals surface area (Å²) < 4.78 is 16.2. The molecule has 0 aromatic heterocycles. The van der Waals surface area contributed by atoms with Gasteiger partial charge in [0, 0.05) is 5.69 Å². The molecule has 6 nitrogen and oxygen atoms in total. The van der Waals surface area contributed by atoms with Gasteiger partial charge in [-0.1, -0.05) is 25.1 Å². The van der Waals surface area contributed by atoms with E-state index in [1.165, 1.54) is 5.56 Å². The first-order chi connectivity index (χ1) is 12.2. The SMILES string of the molecule is CCc1ccc(NC(=O)NCCOc2cccc(OC)c2OC)cc1. The third kappa shape index (κ3) is 5.31. The van der Waals surface area contributed by atoms with Crippen molar-refractivity contribution in [1.29, 1.82) is 0 Å². The van der Waals surface area contributed by atoms with Crippen molar-refractivity contribution in [2.45, 2.75) is 13.3 Å². The molecule has 0 saturated heterocycles. The molecule has 0 aliphatic heterocycles. The molecule has 2 amide bonds. The Hall–Kier alpha value is -2.89. The fraction of sp³-hybridized carbons (Fsp3) is 0.316. The van der Waals surface area contributed by atoms with Crippen LogP contribution in [0, 0.1) is 0 Å². The highest BCUT2D eigenvalue weighted by Crippen LogP contribution is 2.36. The van der Waals surface area contributed by atoms with Crippen molar-refractivity contribution in [1.82, 2.24) is 5.32 Å². The lowest BCUT2D eigenvalue weighted by Gasteiger charge is -2.14. The fourth-order valence-corrected chi connectivity index (χ4v) is 2.30. The molecule has 134 valence electrons. The summed E-state index contributed by atoms with van der Waals surface area (Å²) >= 11 is 0. The molecule has 0 aliphatic carbocycles. The summed E-state index contributed by atoms with van der Waals surface area (Å²) in [7, 11) is 3.13. The second-order valence-corrected chi connectivity index (χ2v) is 5.27. The van der Waals surface area contributed by atoms with Gasteiger partial charge in [0.25, 0.3) is 0 Å². The summed E-state index contributed by atoms with van der Waals surface area (Å²) in [5.74, 6) is 1.70. The van der Waals surface area contributed by atoms with Crippen LogP contribution in [-0.2, 0) is 6.42 Å². The first-order valence-electron chi connectivity index (χ1n) is 8.15. The number of aryl methyl sites for hydroxylation is 1. The quantitative estimate of drug-likeness (QED) is 0.720. The number of nitrogens with one attached hydrogen (secondary N) is 2. The molecule has 0 fully saturated rings. The van der Waals surface area contributed by atoms with Gasteiger partial charge in [-0.15, -0.1) is 0 Å². The maximum Gasteiger partial charge on any atom is 0.319 e. The fourth-order valence-electron chi connectivity index (χ4n) is 2.30. The Kier molecular flexibility index (Phi) is 6.95. The van der Waals surface area contributed by atoms with Crippen molar-refractivity contribution in [2.75, 3.05) is 32.7 Å². The molecule has 0 saturated carbocycles. The Morgan fingerprint density at radius 2 is 1.72 bits per heavy atom. The van der Waals surface area contributed by atoms with E-state index >= 15 is 0 Å². The summed E-state index contributed by atoms with van der Waals surface area (Å²) in [6.45, 7) is 2.76. The molecule has 0 aliphatic rings. The summed E-state index contributed by atoms with van der Waals surface area (Å²) in [6.07, 6.45) is 0.970. The highest BCUT2D eigenvalue weighted by Gasteiger charge is 2.10. The third-order valence-corrected chi connectivity index (χ3v) is 3.63. The molecule has 2 aromatic rings. The number of rotatable bonds is 8. The molecule has 0 radical (unpaired) electrons. The van der Waals surface area contributed by atoms with Crippen LogP contribution in [0.5, 0.6) is 17.2 Å². The van der Waals surface area contributed by atoms with Crippen LogP contribution in [-0.4, -0.2) is 33.4 Å². The highest BCUT2D eigenvalue weighted by molar-refractivity contribution is 5.89. The van der Waals surface area contributed by atoms with Gasteiger partial charge in [-0.2, -0.15) is 0 Å². The summed E-state index contributed by atoms with van der Waals surface area (Å²) in [5.41, 5.74) is 1.98. The number of urea groups is 1. The molecular weight excluding hydrogens is 320 g/mol. The van der Waals surface area contributed by atoms with E-state index in [2.05, 4.69) is 17.6 Å². The van der Waals surface area contributed by atoms with Gasteiger partial charge in [0.05, 0.1) is 20.8 Å². The molecule has 0 bridgehead atoms. The summed E-state index contributed by atoms with van der Waals surface area (Å²) in [5, 5.41) is 5.53. The lowest BCUT2D eigenvalue weighted by molar-refractivity contribution is 0.245. The molecule has 0 atom stereocenters. The standard InChI is InChI=1S/C19H24N2O4/c1-4-14-8-10-15(11-9-14)21-19(22)20-12-13-25-17-7-5-6-16(23-2)18(17)24-3/h5-11H,4,12-13H2,1-3H3,(H2,20,21,22). The lowest BCUT2D eigenvalue weighted by atomic mass is 10.1. The Morgan fingerprint density at radius 1 is 1.00 bits per heavy atom. The van der Waals surface area contributed by atoms with Crippen LogP contribution in [0.1, 0.15) is 12.5 Å². The number of carbonyl (C=O) groups is 1. The number of hydrogen-bond donors (Lipinski definition) is 2. The zero-order valence-electron chi connectivity index (χ0n) is 14.8. The molecule has 2 N–H and O–H groups in total. The van der Waals surface area contributed by atoms with E-state index in [-0.39, 0.29) is 6.03 Å². The van der Waals surface area contributed by atoms with Gasteiger partial charge in [-0.3, -0.25) is 0 Å². The Bertz CT molecular complexity index is 686. The van der Waals surface area contributed by atoms with E-state index in [9.17, 15) is 4.79 Å². The van der Waals surface area contributed by atoms with E-state index in [1.807, 2.05) is 30.3 Å². The molecule has 0 spiro atoms. The van der Waals surface area contributed by atoms with Gasteiger partial charge in [0.15, 0.2) is 11.5 Å². The van der Waals surface area contributed by atoms with Gasteiger partial charge in [0.2, 0.25) is 5.75 Å². The minimum absolute atomic E-state index is 0.273. The maximum atomic E-state index is 11.9. The van der Waals surface area contributed by atoms with E-state index in [4.69, 9.17) is 14.2 Å². The first-order valence-corrected chi connectivity index (χ1v) is 8.15. The van der Waals surface area contributed by atoms with Crippen LogP contribution in [0.25, 0.3) is 0 Å². The van der Waals surface area contributed by atoms with E-state index in [0.717, 1.165) is 12.1 Å². The zero-order chi connectivity index (χ0) is 18.1. The molecular formula is C19H24N2O4. The monoisotopic (exact) mass is 344 g/mol. The topological polar surface area (TPSA) is 68.8 Å². The van der Waals surface area contributed by atoms with Crippen molar-refractivity contribution in [3.8, 4) is 17.2 Å². The van der Waals surface area contributed by atoms with Gasteiger partial charge in [-0.05, 0) is 36.2 Å². The van der Waals surface area contributed by atoms with Crippen LogP contribution < -0.4 is 24.8 Å². The van der Waals surface area contributed by atoms with E-state index < -0.39 is 0 Å². The smallest absolute Gasteiger partial charge is 0.319 e. The predicted octanol–water partition coefficient (Wildman–Crippen LogP) is 3.47. The van der Waals surface area contributed by atoms with Crippen LogP contribution in [0.4, 0.5) is 10.5 Å². The van der Waals surface area contributed by atoms with Crippen LogP contribution >= 0.6 is 0 Å². The van der Waals surface area contributed by atoms with E-state index in [0.29, 0.717) is 30.4 Å². The largest absolute Gasteiger partial charge is 0.493 e. The number of ether oxygens (including phenoxy) is 3. The molecule has 6 heteroatoms. The average Bonchev–Trinajstić information content (AvgIpc) is 2.65. The summed E-state index contributed by atoms with van der Waals surface area (Å²) in [6, 6.07) is 12.9.